The van der Waals surface area contributed by atoms with Gasteiger partial charge in [0.25, 0.3) is 5.89 Å². The number of rotatable bonds is 5. The van der Waals surface area contributed by atoms with E-state index in [-0.39, 0.29) is 0 Å². The predicted octanol–water partition coefficient (Wildman–Crippen LogP) is 4.00. The van der Waals surface area contributed by atoms with Crippen molar-refractivity contribution in [3.05, 3.63) is 72.8 Å². The van der Waals surface area contributed by atoms with Crippen LogP contribution in [0.3, 0.4) is 0 Å². The van der Waals surface area contributed by atoms with E-state index in [1.807, 2.05) is 54.6 Å². The van der Waals surface area contributed by atoms with Crippen LogP contribution in [0.25, 0.3) is 22.8 Å². The van der Waals surface area contributed by atoms with Crippen LogP contribution in [0.15, 0.2) is 76.0 Å². The average Bonchev–Trinajstić information content (AvgIpc) is 3.33. The Morgan fingerprint density at radius 2 is 1.88 bits per heavy atom. The molecule has 0 bridgehead atoms. The van der Waals surface area contributed by atoms with Gasteiger partial charge < -0.3 is 14.3 Å². The van der Waals surface area contributed by atoms with Crippen LogP contribution in [0.1, 0.15) is 5.76 Å². The minimum atomic E-state index is 0.420. The number of benzene rings is 1. The van der Waals surface area contributed by atoms with Crippen LogP contribution in [-0.4, -0.2) is 15.1 Å². The average molecular weight is 318 g/mol. The molecule has 118 valence electrons. The molecule has 0 amide bonds. The summed E-state index contributed by atoms with van der Waals surface area (Å²) < 4.78 is 10.7. The maximum atomic E-state index is 5.42. The first kappa shape index (κ1) is 14.2. The monoisotopic (exact) mass is 318 g/mol. The van der Waals surface area contributed by atoms with Gasteiger partial charge in [-0.05, 0) is 24.3 Å². The minimum absolute atomic E-state index is 0.420. The summed E-state index contributed by atoms with van der Waals surface area (Å²) in [4.78, 5) is 8.83. The van der Waals surface area contributed by atoms with Crippen LogP contribution < -0.4 is 5.32 Å². The molecule has 0 saturated carbocycles. The first-order valence-corrected chi connectivity index (χ1v) is 7.51. The Kier molecular flexibility index (Phi) is 3.77. The number of aromatic nitrogens is 3. The fraction of sp³-hybridized carbons (Fsp3) is 0.0556. The fourth-order valence-corrected chi connectivity index (χ4v) is 2.34. The first-order valence-electron chi connectivity index (χ1n) is 7.51. The van der Waals surface area contributed by atoms with Crippen molar-refractivity contribution >= 4 is 5.82 Å². The van der Waals surface area contributed by atoms with Gasteiger partial charge in [0, 0.05) is 11.8 Å². The van der Waals surface area contributed by atoms with E-state index in [1.165, 1.54) is 0 Å². The lowest BCUT2D eigenvalue weighted by Gasteiger charge is -2.06. The largest absolute Gasteiger partial charge is 0.467 e. The van der Waals surface area contributed by atoms with E-state index >= 15 is 0 Å². The van der Waals surface area contributed by atoms with Crippen molar-refractivity contribution in [1.82, 2.24) is 15.1 Å². The van der Waals surface area contributed by atoms with Gasteiger partial charge >= 0.3 is 0 Å². The van der Waals surface area contributed by atoms with E-state index in [0.29, 0.717) is 24.1 Å². The summed E-state index contributed by atoms with van der Waals surface area (Å²) in [6.45, 7) is 0.524. The van der Waals surface area contributed by atoms with Gasteiger partial charge in [-0.1, -0.05) is 35.5 Å². The summed E-state index contributed by atoms with van der Waals surface area (Å²) in [6, 6.07) is 17.2. The Morgan fingerprint density at radius 3 is 2.71 bits per heavy atom. The van der Waals surface area contributed by atoms with Gasteiger partial charge in [-0.2, -0.15) is 4.98 Å². The number of pyridine rings is 1. The highest BCUT2D eigenvalue weighted by molar-refractivity contribution is 5.70. The molecule has 0 spiro atoms. The van der Waals surface area contributed by atoms with Gasteiger partial charge in [0.1, 0.15) is 11.6 Å². The normalized spacial score (nSPS) is 10.7. The third-order valence-corrected chi connectivity index (χ3v) is 3.51. The molecule has 3 aromatic heterocycles. The number of hydrogen-bond donors (Lipinski definition) is 1. The maximum absolute atomic E-state index is 5.42. The van der Waals surface area contributed by atoms with Crippen LogP contribution in [0.5, 0.6) is 0 Å². The van der Waals surface area contributed by atoms with Crippen LogP contribution in [-0.2, 0) is 6.54 Å². The first-order chi connectivity index (χ1) is 11.9. The van der Waals surface area contributed by atoms with Gasteiger partial charge in [0.05, 0.1) is 18.4 Å². The number of hydrogen-bond acceptors (Lipinski definition) is 6. The molecule has 24 heavy (non-hydrogen) atoms. The van der Waals surface area contributed by atoms with E-state index in [4.69, 9.17) is 8.94 Å². The molecule has 0 aliphatic heterocycles. The molecule has 3 heterocycles. The highest BCUT2D eigenvalue weighted by Gasteiger charge is 2.14. The molecule has 0 aliphatic rings. The zero-order valence-corrected chi connectivity index (χ0v) is 12.7. The third-order valence-electron chi connectivity index (χ3n) is 3.51. The van der Waals surface area contributed by atoms with E-state index in [1.54, 1.807) is 12.5 Å². The minimum Gasteiger partial charge on any atom is -0.467 e. The Labute approximate surface area is 138 Å². The summed E-state index contributed by atoms with van der Waals surface area (Å²) in [5, 5.41) is 7.28. The molecule has 1 N–H and O–H groups in total. The van der Waals surface area contributed by atoms with Crippen LogP contribution in [0.2, 0.25) is 0 Å². The SMILES string of the molecule is c1ccc(-c2noc(-c3cccnc3NCc3ccco3)n2)cc1. The topological polar surface area (TPSA) is 77.0 Å². The molecule has 4 aromatic rings. The van der Waals surface area contributed by atoms with Crippen molar-refractivity contribution in [3.63, 3.8) is 0 Å². The molecule has 0 fully saturated rings. The molecule has 0 radical (unpaired) electrons. The Balaban J connectivity index is 1.61. The molecule has 0 unspecified atom stereocenters. The Hall–Kier alpha value is -3.41. The smallest absolute Gasteiger partial charge is 0.261 e. The van der Waals surface area contributed by atoms with Crippen LogP contribution in [0.4, 0.5) is 5.82 Å². The summed E-state index contributed by atoms with van der Waals surface area (Å²) in [7, 11) is 0. The molecule has 4 rings (SSSR count). The predicted molar refractivity (Wildman–Crippen MR) is 89.0 cm³/mol. The highest BCUT2D eigenvalue weighted by atomic mass is 16.5. The van der Waals surface area contributed by atoms with Gasteiger partial charge in [-0.25, -0.2) is 4.98 Å². The quantitative estimate of drug-likeness (QED) is 0.599. The third kappa shape index (κ3) is 2.89. The summed E-state index contributed by atoms with van der Waals surface area (Å²) >= 11 is 0. The number of nitrogens with one attached hydrogen (secondary N) is 1. The molecule has 6 heteroatoms. The summed E-state index contributed by atoms with van der Waals surface area (Å²) in [5.74, 6) is 2.45. The fourth-order valence-electron chi connectivity index (χ4n) is 2.34. The van der Waals surface area contributed by atoms with Crippen molar-refractivity contribution < 1.29 is 8.94 Å². The summed E-state index contributed by atoms with van der Waals surface area (Å²) in [5.41, 5.74) is 1.65. The second-order valence-corrected chi connectivity index (χ2v) is 5.12. The lowest BCUT2D eigenvalue weighted by atomic mass is 10.2. The van der Waals surface area contributed by atoms with Crippen molar-refractivity contribution in [2.45, 2.75) is 6.54 Å². The van der Waals surface area contributed by atoms with E-state index < -0.39 is 0 Å². The van der Waals surface area contributed by atoms with Gasteiger partial charge in [-0.3, -0.25) is 0 Å². The number of nitrogens with zero attached hydrogens (tertiary/aromatic N) is 3. The van der Waals surface area contributed by atoms with Gasteiger partial charge in [0.15, 0.2) is 0 Å². The number of anilines is 1. The lowest BCUT2D eigenvalue weighted by molar-refractivity contribution is 0.432. The maximum Gasteiger partial charge on any atom is 0.261 e. The van der Waals surface area contributed by atoms with Crippen LogP contribution in [0, 0.1) is 0 Å². The molecule has 0 aliphatic carbocycles. The van der Waals surface area contributed by atoms with Gasteiger partial charge in [0.2, 0.25) is 5.82 Å². The molecular weight excluding hydrogens is 304 g/mol. The van der Waals surface area contributed by atoms with E-state index in [2.05, 4.69) is 20.4 Å². The lowest BCUT2D eigenvalue weighted by Crippen LogP contribution is -2.02. The van der Waals surface area contributed by atoms with E-state index in [9.17, 15) is 0 Å². The summed E-state index contributed by atoms with van der Waals surface area (Å²) in [6.07, 6.45) is 3.35. The Morgan fingerprint density at radius 1 is 0.958 bits per heavy atom. The second-order valence-electron chi connectivity index (χ2n) is 5.12. The van der Waals surface area contributed by atoms with Crippen LogP contribution >= 0.6 is 0 Å². The Bertz CT molecular complexity index is 917. The second kappa shape index (κ2) is 6.37. The zero-order valence-electron chi connectivity index (χ0n) is 12.7. The van der Waals surface area contributed by atoms with Crippen molar-refractivity contribution in [2.75, 3.05) is 5.32 Å². The zero-order chi connectivity index (χ0) is 16.2. The van der Waals surface area contributed by atoms with Gasteiger partial charge in [-0.15, -0.1) is 0 Å². The molecular formula is C18H14N4O2. The number of furan rings is 1. The molecule has 0 atom stereocenters. The molecule has 0 saturated heterocycles. The molecule has 6 nitrogen and oxygen atoms in total. The molecule has 1 aromatic carbocycles. The highest BCUT2D eigenvalue weighted by Crippen LogP contribution is 2.27. The van der Waals surface area contributed by atoms with Crippen molar-refractivity contribution in [2.24, 2.45) is 0 Å². The van der Waals surface area contributed by atoms with Crippen molar-refractivity contribution in [3.8, 4) is 22.8 Å². The van der Waals surface area contributed by atoms with E-state index in [0.717, 1.165) is 16.9 Å². The van der Waals surface area contributed by atoms with Crippen molar-refractivity contribution in [1.29, 1.82) is 0 Å². The standard InChI is InChI=1S/C18H14N4O2/c1-2-6-13(7-3-1)16-21-18(24-22-16)15-9-4-10-19-17(15)20-12-14-8-5-11-23-14/h1-11H,12H2,(H,19,20).